The molecular formula is C10H22FNO2. The topological polar surface area (TPSA) is 32.7 Å². The number of halogens is 1. The summed E-state index contributed by atoms with van der Waals surface area (Å²) in [6, 6.07) is 0. The molecule has 4 heteroatoms. The summed E-state index contributed by atoms with van der Waals surface area (Å²) in [5.41, 5.74) is 0.867. The zero-order chi connectivity index (χ0) is 11.6. The minimum absolute atomic E-state index is 0.0450. The number of aliphatic hydroxyl groups is 1. The lowest BCUT2D eigenvalue weighted by Gasteiger charge is -2.06. The van der Waals surface area contributed by atoms with E-state index in [0.717, 1.165) is 5.57 Å². The maximum absolute atomic E-state index is 11.6. The van der Waals surface area contributed by atoms with Crippen molar-refractivity contribution in [3.05, 3.63) is 12.2 Å². The van der Waals surface area contributed by atoms with Crippen LogP contribution in [0.5, 0.6) is 0 Å². The van der Waals surface area contributed by atoms with Gasteiger partial charge in [-0.15, -0.1) is 0 Å². The van der Waals surface area contributed by atoms with Gasteiger partial charge < -0.3 is 14.7 Å². The summed E-state index contributed by atoms with van der Waals surface area (Å²) < 4.78 is 16.4. The van der Waals surface area contributed by atoms with E-state index < -0.39 is 12.8 Å². The van der Waals surface area contributed by atoms with Gasteiger partial charge in [-0.25, -0.2) is 4.39 Å². The van der Waals surface area contributed by atoms with E-state index in [0.29, 0.717) is 6.61 Å². The fraction of sp³-hybridized carbons (Fsp3) is 0.800. The third-order valence-corrected chi connectivity index (χ3v) is 0.837. The first kappa shape index (κ1) is 16.0. The van der Waals surface area contributed by atoms with Gasteiger partial charge in [0.15, 0.2) is 0 Å². The third-order valence-electron chi connectivity index (χ3n) is 0.837. The number of aliphatic hydroxyl groups excluding tert-OH is 1. The van der Waals surface area contributed by atoms with E-state index in [1.54, 1.807) is 0 Å². The lowest BCUT2D eigenvalue weighted by molar-refractivity contribution is 0.0329. The van der Waals surface area contributed by atoms with Crippen LogP contribution in [0.1, 0.15) is 6.92 Å². The van der Waals surface area contributed by atoms with Crippen molar-refractivity contribution < 1.29 is 14.2 Å². The Labute approximate surface area is 86.2 Å². The van der Waals surface area contributed by atoms with Gasteiger partial charge in [-0.2, -0.15) is 0 Å². The van der Waals surface area contributed by atoms with Crippen LogP contribution in [0.3, 0.4) is 0 Å². The van der Waals surface area contributed by atoms with E-state index in [4.69, 9.17) is 9.84 Å². The van der Waals surface area contributed by atoms with Crippen molar-refractivity contribution in [1.82, 2.24) is 4.90 Å². The van der Waals surface area contributed by atoms with E-state index in [-0.39, 0.29) is 6.61 Å². The molecule has 0 fully saturated rings. The zero-order valence-electron chi connectivity index (χ0n) is 9.59. The average molecular weight is 207 g/mol. The number of hydrogen-bond acceptors (Lipinski definition) is 3. The van der Waals surface area contributed by atoms with Gasteiger partial charge in [-0.1, -0.05) is 12.2 Å². The number of hydrogen-bond donors (Lipinski definition) is 1. The average Bonchev–Trinajstić information content (AvgIpc) is 2.02. The largest absolute Gasteiger partial charge is 0.388 e. The van der Waals surface area contributed by atoms with E-state index in [1.807, 2.05) is 33.0 Å². The summed E-state index contributed by atoms with van der Waals surface area (Å²) in [5, 5.41) is 8.64. The van der Waals surface area contributed by atoms with Gasteiger partial charge in [0.05, 0.1) is 13.2 Å². The summed E-state index contributed by atoms with van der Waals surface area (Å²) >= 11 is 0. The molecule has 0 spiro atoms. The van der Waals surface area contributed by atoms with E-state index in [2.05, 4.69) is 6.58 Å². The van der Waals surface area contributed by atoms with E-state index >= 15 is 0 Å². The Bertz CT molecular complexity index is 137. The molecule has 0 saturated heterocycles. The second-order valence-electron chi connectivity index (χ2n) is 3.62. The molecule has 0 radical (unpaired) electrons. The molecule has 86 valence electrons. The van der Waals surface area contributed by atoms with Crippen molar-refractivity contribution in [1.29, 1.82) is 0 Å². The molecular weight excluding hydrogens is 185 g/mol. The molecule has 3 nitrogen and oxygen atoms in total. The second kappa shape index (κ2) is 10.6. The molecule has 1 N–H and O–H groups in total. The first-order chi connectivity index (χ1) is 6.40. The van der Waals surface area contributed by atoms with Gasteiger partial charge >= 0.3 is 0 Å². The molecule has 1 unspecified atom stereocenters. The highest BCUT2D eigenvalue weighted by atomic mass is 19.1. The molecule has 14 heavy (non-hydrogen) atoms. The highest BCUT2D eigenvalue weighted by molar-refractivity contribution is 4.87. The summed E-state index contributed by atoms with van der Waals surface area (Å²) in [4.78, 5) is 2.00. The van der Waals surface area contributed by atoms with E-state index in [1.165, 1.54) is 0 Å². The number of alkyl halides is 1. The molecule has 1 atom stereocenters. The van der Waals surface area contributed by atoms with Crippen LogP contribution in [0.25, 0.3) is 0 Å². The maximum atomic E-state index is 11.6. The van der Waals surface area contributed by atoms with Crippen LogP contribution in [0.15, 0.2) is 12.2 Å². The Morgan fingerprint density at radius 3 is 2.21 bits per heavy atom. The quantitative estimate of drug-likeness (QED) is 0.685. The first-order valence-corrected chi connectivity index (χ1v) is 4.47. The Morgan fingerprint density at radius 2 is 1.93 bits per heavy atom. The maximum Gasteiger partial charge on any atom is 0.118 e. The first-order valence-electron chi connectivity index (χ1n) is 4.47. The minimum atomic E-state index is -0.987. The highest BCUT2D eigenvalue weighted by Gasteiger charge is 2.01. The summed E-state index contributed by atoms with van der Waals surface area (Å²) in [7, 11) is 6.00. The highest BCUT2D eigenvalue weighted by Crippen LogP contribution is 1.91. The van der Waals surface area contributed by atoms with Crippen LogP contribution in [-0.2, 0) is 4.74 Å². The molecule has 0 aliphatic carbocycles. The van der Waals surface area contributed by atoms with Crippen molar-refractivity contribution in [3.8, 4) is 0 Å². The lowest BCUT2D eigenvalue weighted by Crippen LogP contribution is -2.17. The molecule has 0 aliphatic heterocycles. The Morgan fingerprint density at radius 1 is 1.50 bits per heavy atom. The van der Waals surface area contributed by atoms with E-state index in [9.17, 15) is 4.39 Å². The Balaban J connectivity index is 0. The smallest absolute Gasteiger partial charge is 0.118 e. The lowest BCUT2D eigenvalue weighted by atomic mass is 10.4. The molecule has 0 saturated carbocycles. The normalized spacial score (nSPS) is 11.9. The Hall–Kier alpha value is -0.450. The summed E-state index contributed by atoms with van der Waals surface area (Å²) in [5.74, 6) is 0. The molecule has 0 aromatic heterocycles. The predicted molar refractivity (Wildman–Crippen MR) is 57.2 cm³/mol. The van der Waals surface area contributed by atoms with Crippen LogP contribution < -0.4 is 0 Å². The molecule has 0 aliphatic rings. The number of rotatable bonds is 5. The summed E-state index contributed by atoms with van der Waals surface area (Å²) in [6.45, 7) is 5.06. The molecule has 0 aromatic rings. The van der Waals surface area contributed by atoms with Gasteiger partial charge in [-0.05, 0) is 28.1 Å². The fourth-order valence-corrected chi connectivity index (χ4v) is 0.414. The predicted octanol–water partition coefficient (Wildman–Crippen LogP) is 1.09. The summed E-state index contributed by atoms with van der Waals surface area (Å²) in [6.07, 6.45) is -0.987. The van der Waals surface area contributed by atoms with Crippen molar-refractivity contribution in [2.75, 3.05) is 41.0 Å². The van der Waals surface area contributed by atoms with Crippen LogP contribution in [0.4, 0.5) is 4.39 Å². The standard InChI is InChI=1S/C7H13FO2.C3H9N/c1-6(2)4-10-5-7(9)3-8;1-4(2)3/h7,9H,1,3-5H2,2H3;1-3H3. The van der Waals surface area contributed by atoms with Crippen LogP contribution in [0.2, 0.25) is 0 Å². The molecule has 0 amide bonds. The van der Waals surface area contributed by atoms with Crippen molar-refractivity contribution in [3.63, 3.8) is 0 Å². The molecule has 0 bridgehead atoms. The van der Waals surface area contributed by atoms with Gasteiger partial charge in [0, 0.05) is 0 Å². The van der Waals surface area contributed by atoms with Gasteiger partial charge in [0.25, 0.3) is 0 Å². The van der Waals surface area contributed by atoms with Crippen LogP contribution >= 0.6 is 0 Å². The number of ether oxygens (including phenoxy) is 1. The SMILES string of the molecule is C=C(C)COCC(O)CF.CN(C)C. The van der Waals surface area contributed by atoms with Crippen LogP contribution in [0, 0.1) is 0 Å². The zero-order valence-corrected chi connectivity index (χ0v) is 9.59. The Kier molecular flexibility index (Phi) is 12.1. The number of nitrogens with zero attached hydrogens (tertiary/aromatic N) is 1. The monoisotopic (exact) mass is 207 g/mol. The van der Waals surface area contributed by atoms with Crippen molar-refractivity contribution in [2.24, 2.45) is 0 Å². The van der Waals surface area contributed by atoms with Crippen LogP contribution in [-0.4, -0.2) is 57.1 Å². The van der Waals surface area contributed by atoms with Crippen molar-refractivity contribution >= 4 is 0 Å². The fourth-order valence-electron chi connectivity index (χ4n) is 0.414. The second-order valence-corrected chi connectivity index (χ2v) is 3.62. The van der Waals surface area contributed by atoms with Gasteiger partial charge in [-0.3, -0.25) is 0 Å². The van der Waals surface area contributed by atoms with Crippen molar-refractivity contribution in [2.45, 2.75) is 13.0 Å². The van der Waals surface area contributed by atoms with Gasteiger partial charge in [0.1, 0.15) is 12.8 Å². The van der Waals surface area contributed by atoms with Gasteiger partial charge in [0.2, 0.25) is 0 Å². The minimum Gasteiger partial charge on any atom is -0.388 e. The molecule has 0 heterocycles. The third kappa shape index (κ3) is 22.6. The molecule has 0 rings (SSSR count). The molecule has 0 aromatic carbocycles.